The smallest absolute Gasteiger partial charge is 0.138 e. The summed E-state index contributed by atoms with van der Waals surface area (Å²) in [5.74, 6) is 2.18. The summed E-state index contributed by atoms with van der Waals surface area (Å²) < 4.78 is 0. The molecule has 1 spiro atoms. The average molecular weight is 375 g/mol. The van der Waals surface area contributed by atoms with Gasteiger partial charge in [-0.3, -0.25) is 4.79 Å². The predicted molar refractivity (Wildman–Crippen MR) is 112 cm³/mol. The zero-order valence-corrected chi connectivity index (χ0v) is 18.1. The Hall–Kier alpha value is -0.410. The lowest BCUT2D eigenvalue weighted by Crippen LogP contribution is -2.55. The van der Waals surface area contributed by atoms with Crippen molar-refractivity contribution in [2.45, 2.75) is 96.6 Å². The molecule has 4 fully saturated rings. The number of piperidine rings is 1. The highest BCUT2D eigenvalue weighted by atomic mass is 16.1. The normalized spacial score (nSPS) is 35.7. The minimum Gasteiger partial charge on any atom is -0.303 e. The topological polar surface area (TPSA) is 23.6 Å². The number of hydrogen-bond donors (Lipinski definition) is 0. The van der Waals surface area contributed by atoms with Crippen molar-refractivity contribution in [3.63, 3.8) is 0 Å². The fraction of sp³-hybridized carbons (Fsp3) is 0.958. The van der Waals surface area contributed by atoms with Crippen LogP contribution >= 0.6 is 0 Å². The molecular weight excluding hydrogens is 332 g/mol. The summed E-state index contributed by atoms with van der Waals surface area (Å²) in [5.41, 5.74) is 0.607. The minimum atomic E-state index is 0.224. The molecule has 0 aromatic heterocycles. The van der Waals surface area contributed by atoms with Crippen LogP contribution in [0.25, 0.3) is 0 Å². The molecule has 0 amide bonds. The van der Waals surface area contributed by atoms with Crippen LogP contribution in [0.2, 0.25) is 0 Å². The van der Waals surface area contributed by atoms with Crippen LogP contribution in [-0.2, 0) is 4.79 Å². The third-order valence-electron chi connectivity index (χ3n) is 8.58. The third-order valence-corrected chi connectivity index (χ3v) is 8.58. The summed E-state index contributed by atoms with van der Waals surface area (Å²) in [7, 11) is 2.36. The highest BCUT2D eigenvalue weighted by molar-refractivity contribution is 5.82. The van der Waals surface area contributed by atoms with E-state index in [4.69, 9.17) is 0 Å². The average Bonchev–Trinajstić information content (AvgIpc) is 3.48. The van der Waals surface area contributed by atoms with Crippen molar-refractivity contribution >= 4 is 5.78 Å². The van der Waals surface area contributed by atoms with E-state index in [-0.39, 0.29) is 5.92 Å². The van der Waals surface area contributed by atoms with Gasteiger partial charge < -0.3 is 9.80 Å². The van der Waals surface area contributed by atoms with Gasteiger partial charge in [-0.1, -0.05) is 26.7 Å². The lowest BCUT2D eigenvalue weighted by atomic mass is 9.56. The molecule has 4 rings (SSSR count). The van der Waals surface area contributed by atoms with E-state index in [1.165, 1.54) is 77.4 Å². The molecule has 0 atom stereocenters. The number of rotatable bonds is 7. The molecule has 3 aliphatic carbocycles. The quantitative estimate of drug-likeness (QED) is 0.643. The van der Waals surface area contributed by atoms with E-state index in [1.807, 2.05) is 0 Å². The minimum absolute atomic E-state index is 0.224. The molecule has 1 saturated heterocycles. The summed E-state index contributed by atoms with van der Waals surface area (Å²) in [4.78, 5) is 17.8. The SMILES string of the molecule is CC(C)C(=O)C1CCC2(CC1)CC(N1CCC(N(C)CCC3CC3)CC1)C2. The van der Waals surface area contributed by atoms with Crippen LogP contribution in [0, 0.1) is 23.2 Å². The van der Waals surface area contributed by atoms with Gasteiger partial charge >= 0.3 is 0 Å². The maximum Gasteiger partial charge on any atom is 0.138 e. The van der Waals surface area contributed by atoms with Crippen LogP contribution in [0.1, 0.15) is 84.5 Å². The summed E-state index contributed by atoms with van der Waals surface area (Å²) in [6.07, 6.45) is 14.9. The number of hydrogen-bond acceptors (Lipinski definition) is 3. The van der Waals surface area contributed by atoms with Gasteiger partial charge in [-0.05, 0) is 95.8 Å². The Morgan fingerprint density at radius 3 is 2.22 bits per heavy atom. The van der Waals surface area contributed by atoms with Crippen molar-refractivity contribution in [2.75, 3.05) is 26.7 Å². The van der Waals surface area contributed by atoms with Gasteiger partial charge in [-0.15, -0.1) is 0 Å². The van der Waals surface area contributed by atoms with Crippen LogP contribution in [0.5, 0.6) is 0 Å². The fourth-order valence-corrected chi connectivity index (χ4v) is 6.26. The van der Waals surface area contributed by atoms with Crippen molar-refractivity contribution < 1.29 is 4.79 Å². The molecule has 0 unspecified atom stereocenters. The van der Waals surface area contributed by atoms with Gasteiger partial charge in [-0.25, -0.2) is 0 Å². The van der Waals surface area contributed by atoms with Crippen molar-refractivity contribution in [1.29, 1.82) is 0 Å². The highest BCUT2D eigenvalue weighted by Gasteiger charge is 2.49. The van der Waals surface area contributed by atoms with E-state index in [1.54, 1.807) is 0 Å². The Kier molecular flexibility index (Phi) is 6.00. The van der Waals surface area contributed by atoms with Crippen molar-refractivity contribution in [3.8, 4) is 0 Å². The number of ketones is 1. The summed E-state index contributed by atoms with van der Waals surface area (Å²) in [6.45, 7) is 8.08. The highest BCUT2D eigenvalue weighted by Crippen LogP contribution is 2.54. The van der Waals surface area contributed by atoms with Gasteiger partial charge in [0.25, 0.3) is 0 Å². The number of carbonyl (C=O) groups is 1. The summed E-state index contributed by atoms with van der Waals surface area (Å²) in [6, 6.07) is 1.67. The first kappa shape index (κ1) is 19.9. The van der Waals surface area contributed by atoms with Gasteiger partial charge in [0.05, 0.1) is 0 Å². The second kappa shape index (κ2) is 8.14. The predicted octanol–water partition coefficient (Wildman–Crippen LogP) is 4.75. The second-order valence-electron chi connectivity index (χ2n) is 10.9. The van der Waals surface area contributed by atoms with Gasteiger partial charge in [0.1, 0.15) is 5.78 Å². The van der Waals surface area contributed by atoms with Gasteiger partial charge in [0, 0.05) is 23.9 Å². The summed E-state index contributed by atoms with van der Waals surface area (Å²) >= 11 is 0. The lowest BCUT2D eigenvalue weighted by molar-refractivity contribution is -0.129. The van der Waals surface area contributed by atoms with Crippen LogP contribution in [-0.4, -0.2) is 54.3 Å². The second-order valence-corrected chi connectivity index (χ2v) is 10.9. The third kappa shape index (κ3) is 4.61. The molecular formula is C24H42N2O. The maximum atomic E-state index is 12.3. The maximum absolute atomic E-state index is 12.3. The van der Waals surface area contributed by atoms with Gasteiger partial charge in [-0.2, -0.15) is 0 Å². The summed E-state index contributed by atoms with van der Waals surface area (Å²) in [5, 5.41) is 0. The van der Waals surface area contributed by atoms with E-state index < -0.39 is 0 Å². The van der Waals surface area contributed by atoms with E-state index >= 15 is 0 Å². The molecule has 3 heteroatoms. The number of nitrogens with zero attached hydrogens (tertiary/aromatic N) is 2. The molecule has 0 N–H and O–H groups in total. The first-order valence-electron chi connectivity index (χ1n) is 11.9. The van der Waals surface area contributed by atoms with E-state index in [0.29, 0.717) is 17.1 Å². The van der Waals surface area contributed by atoms with E-state index in [9.17, 15) is 4.79 Å². The Morgan fingerprint density at radius 1 is 1.04 bits per heavy atom. The monoisotopic (exact) mass is 374 g/mol. The number of Topliss-reactive ketones (excluding diaryl/α,β-unsaturated/α-hetero) is 1. The largest absolute Gasteiger partial charge is 0.303 e. The standard InChI is InChI=1S/C24H42N2O/c1-18(2)23(27)20-6-11-24(12-7-20)16-22(17-24)26-14-9-21(10-15-26)25(3)13-8-19-4-5-19/h18-22H,4-17H2,1-3H3. The Balaban J connectivity index is 1.16. The number of carbonyl (C=O) groups excluding carboxylic acids is 1. The zero-order valence-electron chi connectivity index (χ0n) is 18.1. The lowest BCUT2D eigenvalue weighted by Gasteiger charge is -2.56. The van der Waals surface area contributed by atoms with E-state index in [0.717, 1.165) is 30.8 Å². The van der Waals surface area contributed by atoms with E-state index in [2.05, 4.69) is 30.7 Å². The van der Waals surface area contributed by atoms with Crippen molar-refractivity contribution in [1.82, 2.24) is 9.80 Å². The Labute approximate surface area is 167 Å². The molecule has 3 nitrogen and oxygen atoms in total. The van der Waals surface area contributed by atoms with Crippen LogP contribution in [0.3, 0.4) is 0 Å². The first-order valence-corrected chi connectivity index (χ1v) is 11.9. The van der Waals surface area contributed by atoms with Crippen molar-refractivity contribution in [2.24, 2.45) is 23.2 Å². The van der Waals surface area contributed by atoms with Gasteiger partial charge in [0.15, 0.2) is 0 Å². The molecule has 154 valence electrons. The molecule has 0 bridgehead atoms. The molecule has 1 aliphatic heterocycles. The van der Waals surface area contributed by atoms with Gasteiger partial charge in [0.2, 0.25) is 0 Å². The molecule has 0 aromatic rings. The molecule has 4 aliphatic rings. The molecule has 3 saturated carbocycles. The Morgan fingerprint density at radius 2 is 1.67 bits per heavy atom. The van der Waals surface area contributed by atoms with Crippen LogP contribution in [0.15, 0.2) is 0 Å². The molecule has 27 heavy (non-hydrogen) atoms. The number of likely N-dealkylation sites (tertiary alicyclic amines) is 1. The molecule has 1 heterocycles. The van der Waals surface area contributed by atoms with Crippen molar-refractivity contribution in [3.05, 3.63) is 0 Å². The van der Waals surface area contributed by atoms with Crippen LogP contribution in [0.4, 0.5) is 0 Å². The Bertz CT molecular complexity index is 502. The fourth-order valence-electron chi connectivity index (χ4n) is 6.26. The zero-order chi connectivity index (χ0) is 19.0. The van der Waals surface area contributed by atoms with Crippen LogP contribution < -0.4 is 0 Å². The first-order chi connectivity index (χ1) is 13.0. The molecule has 0 radical (unpaired) electrons. The molecule has 0 aromatic carbocycles.